The molecular formula is C17H23N5O2. The molecule has 1 aliphatic rings. The second-order valence-corrected chi connectivity index (χ2v) is 6.23. The molecule has 2 amide bonds. The van der Waals surface area contributed by atoms with E-state index in [0.717, 1.165) is 38.2 Å². The van der Waals surface area contributed by atoms with Gasteiger partial charge in [0.05, 0.1) is 11.6 Å². The topological polar surface area (TPSA) is 86.2 Å². The molecule has 7 heteroatoms. The number of hydrogen-bond acceptors (Lipinski definition) is 3. The van der Waals surface area contributed by atoms with Crippen LogP contribution in [0.5, 0.6) is 0 Å². The lowest BCUT2D eigenvalue weighted by Gasteiger charge is -2.25. The van der Waals surface area contributed by atoms with Crippen LogP contribution in [-0.4, -0.2) is 43.4 Å². The molecule has 2 N–H and O–H groups in total. The van der Waals surface area contributed by atoms with Gasteiger partial charge in [-0.3, -0.25) is 9.59 Å². The van der Waals surface area contributed by atoms with Gasteiger partial charge in [-0.05, 0) is 18.9 Å². The van der Waals surface area contributed by atoms with E-state index in [0.29, 0.717) is 11.3 Å². The first-order chi connectivity index (χ1) is 11.5. The second kappa shape index (κ2) is 6.51. The van der Waals surface area contributed by atoms with Crippen LogP contribution in [0.3, 0.4) is 0 Å². The largest absolute Gasteiger partial charge is 0.366 e. The lowest BCUT2D eigenvalue weighted by Crippen LogP contribution is -2.39. The van der Waals surface area contributed by atoms with Gasteiger partial charge in [-0.2, -0.15) is 0 Å². The van der Waals surface area contributed by atoms with Crippen molar-refractivity contribution in [3.05, 3.63) is 41.7 Å². The van der Waals surface area contributed by atoms with Crippen LogP contribution in [0, 0.1) is 0 Å². The molecule has 24 heavy (non-hydrogen) atoms. The van der Waals surface area contributed by atoms with E-state index in [1.807, 2.05) is 11.1 Å². The van der Waals surface area contributed by atoms with Gasteiger partial charge in [0.25, 0.3) is 5.91 Å². The Kier molecular flexibility index (Phi) is 4.42. The number of amides is 2. The molecule has 0 radical (unpaired) electrons. The minimum absolute atomic E-state index is 0.0503. The standard InChI is InChI=1S/C17H23N5O2/c1-3-15-19-6-8-21(15)11-13-5-4-7-22(13)17(24)14-9-12(16(18)23)10-20(14)2/h6,8-10,13H,3-5,7,11H2,1-2H3,(H2,18,23). The Morgan fingerprint density at radius 3 is 2.88 bits per heavy atom. The van der Waals surface area contributed by atoms with Gasteiger partial charge < -0.3 is 19.8 Å². The van der Waals surface area contributed by atoms with Crippen LogP contribution in [0.15, 0.2) is 24.7 Å². The maximum Gasteiger partial charge on any atom is 0.270 e. The Morgan fingerprint density at radius 1 is 1.42 bits per heavy atom. The first-order valence-electron chi connectivity index (χ1n) is 8.28. The van der Waals surface area contributed by atoms with Crippen molar-refractivity contribution in [1.29, 1.82) is 0 Å². The molecule has 0 aromatic carbocycles. The highest BCUT2D eigenvalue weighted by Gasteiger charge is 2.31. The fourth-order valence-electron chi connectivity index (χ4n) is 3.40. The van der Waals surface area contributed by atoms with Gasteiger partial charge in [-0.25, -0.2) is 4.98 Å². The molecule has 1 unspecified atom stereocenters. The zero-order chi connectivity index (χ0) is 17.3. The van der Waals surface area contributed by atoms with Crippen LogP contribution in [0.2, 0.25) is 0 Å². The Hall–Kier alpha value is -2.57. The Balaban J connectivity index is 1.80. The number of rotatable bonds is 5. The van der Waals surface area contributed by atoms with Crippen LogP contribution < -0.4 is 5.73 Å². The maximum absolute atomic E-state index is 12.9. The lowest BCUT2D eigenvalue weighted by molar-refractivity contribution is 0.0714. The summed E-state index contributed by atoms with van der Waals surface area (Å²) < 4.78 is 3.79. The van der Waals surface area contributed by atoms with E-state index in [2.05, 4.69) is 16.5 Å². The van der Waals surface area contributed by atoms with Gasteiger partial charge >= 0.3 is 0 Å². The highest BCUT2D eigenvalue weighted by Crippen LogP contribution is 2.23. The van der Waals surface area contributed by atoms with Crippen LogP contribution in [0.25, 0.3) is 0 Å². The third-order valence-corrected chi connectivity index (χ3v) is 4.67. The minimum atomic E-state index is -0.520. The molecule has 2 aromatic rings. The number of nitrogens with zero attached hydrogens (tertiary/aromatic N) is 4. The first kappa shape index (κ1) is 16.3. The summed E-state index contributed by atoms with van der Waals surface area (Å²) in [6, 6.07) is 1.72. The molecule has 1 atom stereocenters. The SMILES string of the molecule is CCc1nccn1CC1CCCN1C(=O)c1cc(C(N)=O)cn1C. The zero-order valence-corrected chi connectivity index (χ0v) is 14.1. The average molecular weight is 329 g/mol. The summed E-state index contributed by atoms with van der Waals surface area (Å²) in [5.74, 6) is 0.462. The Bertz CT molecular complexity index is 761. The number of likely N-dealkylation sites (tertiary alicyclic amines) is 1. The highest BCUT2D eigenvalue weighted by molar-refractivity contribution is 5.98. The van der Waals surface area contributed by atoms with Crippen molar-refractivity contribution in [3.63, 3.8) is 0 Å². The van der Waals surface area contributed by atoms with E-state index in [9.17, 15) is 9.59 Å². The number of hydrogen-bond donors (Lipinski definition) is 1. The molecule has 0 bridgehead atoms. The summed E-state index contributed by atoms with van der Waals surface area (Å²) in [5.41, 5.74) is 6.17. The summed E-state index contributed by atoms with van der Waals surface area (Å²) in [5, 5.41) is 0. The summed E-state index contributed by atoms with van der Waals surface area (Å²) >= 11 is 0. The number of aryl methyl sites for hydroxylation is 2. The van der Waals surface area contributed by atoms with Crippen molar-refractivity contribution in [1.82, 2.24) is 19.0 Å². The molecule has 3 heterocycles. The molecule has 1 fully saturated rings. The Morgan fingerprint density at radius 2 is 2.21 bits per heavy atom. The number of carbonyl (C=O) groups excluding carboxylic acids is 2. The molecule has 3 rings (SSSR count). The first-order valence-corrected chi connectivity index (χ1v) is 8.28. The summed E-state index contributed by atoms with van der Waals surface area (Å²) in [6.07, 6.45) is 8.20. The number of aromatic nitrogens is 3. The van der Waals surface area contributed by atoms with E-state index in [1.54, 1.807) is 30.1 Å². The van der Waals surface area contributed by atoms with Gasteiger partial charge in [-0.15, -0.1) is 0 Å². The van der Waals surface area contributed by atoms with Crippen molar-refractivity contribution < 1.29 is 9.59 Å². The lowest BCUT2D eigenvalue weighted by atomic mass is 10.2. The van der Waals surface area contributed by atoms with Crippen molar-refractivity contribution in [2.75, 3.05) is 6.54 Å². The average Bonchev–Trinajstić information content (AvgIpc) is 3.26. The molecule has 128 valence electrons. The van der Waals surface area contributed by atoms with Gasteiger partial charge in [0.2, 0.25) is 5.91 Å². The number of primary amides is 1. The van der Waals surface area contributed by atoms with Crippen LogP contribution in [0.4, 0.5) is 0 Å². The quantitative estimate of drug-likeness (QED) is 0.894. The van der Waals surface area contributed by atoms with E-state index < -0.39 is 5.91 Å². The van der Waals surface area contributed by atoms with E-state index >= 15 is 0 Å². The smallest absolute Gasteiger partial charge is 0.270 e. The molecular weight excluding hydrogens is 306 g/mol. The third kappa shape index (κ3) is 2.93. The number of carbonyl (C=O) groups is 2. The van der Waals surface area contributed by atoms with E-state index in [1.165, 1.54) is 0 Å². The second-order valence-electron chi connectivity index (χ2n) is 6.23. The predicted octanol–water partition coefficient (Wildman–Crippen LogP) is 1.19. The number of imidazole rings is 1. The third-order valence-electron chi connectivity index (χ3n) is 4.67. The molecule has 7 nitrogen and oxygen atoms in total. The zero-order valence-electron chi connectivity index (χ0n) is 14.1. The molecule has 0 saturated carbocycles. The van der Waals surface area contributed by atoms with Gasteiger partial charge in [-0.1, -0.05) is 6.92 Å². The van der Waals surface area contributed by atoms with Crippen LogP contribution >= 0.6 is 0 Å². The highest BCUT2D eigenvalue weighted by atomic mass is 16.2. The normalized spacial score (nSPS) is 17.4. The predicted molar refractivity (Wildman–Crippen MR) is 89.6 cm³/mol. The molecule has 1 saturated heterocycles. The van der Waals surface area contributed by atoms with Gasteiger partial charge in [0.1, 0.15) is 11.5 Å². The molecule has 0 spiro atoms. The Labute approximate surface area is 141 Å². The minimum Gasteiger partial charge on any atom is -0.366 e. The summed E-state index contributed by atoms with van der Waals surface area (Å²) in [6.45, 7) is 3.56. The fraction of sp³-hybridized carbons (Fsp3) is 0.471. The van der Waals surface area contributed by atoms with Gasteiger partial charge in [0.15, 0.2) is 0 Å². The van der Waals surface area contributed by atoms with Crippen molar-refractivity contribution >= 4 is 11.8 Å². The molecule has 2 aromatic heterocycles. The number of nitrogens with two attached hydrogens (primary N) is 1. The molecule has 0 aliphatic carbocycles. The summed E-state index contributed by atoms with van der Waals surface area (Å²) in [4.78, 5) is 30.5. The van der Waals surface area contributed by atoms with Crippen molar-refractivity contribution in [3.8, 4) is 0 Å². The van der Waals surface area contributed by atoms with Crippen LogP contribution in [-0.2, 0) is 20.0 Å². The van der Waals surface area contributed by atoms with Crippen molar-refractivity contribution in [2.45, 2.75) is 38.8 Å². The summed E-state index contributed by atoms with van der Waals surface area (Å²) in [7, 11) is 1.76. The fourth-order valence-corrected chi connectivity index (χ4v) is 3.40. The maximum atomic E-state index is 12.9. The molecule has 1 aliphatic heterocycles. The van der Waals surface area contributed by atoms with E-state index in [-0.39, 0.29) is 11.9 Å². The van der Waals surface area contributed by atoms with Gasteiger partial charge in [0, 0.05) is 45.1 Å². The monoisotopic (exact) mass is 329 g/mol. The van der Waals surface area contributed by atoms with Crippen molar-refractivity contribution in [2.24, 2.45) is 12.8 Å². The van der Waals surface area contributed by atoms with Crippen LogP contribution in [0.1, 0.15) is 46.4 Å². The van der Waals surface area contributed by atoms with E-state index in [4.69, 9.17) is 5.73 Å².